The van der Waals surface area contributed by atoms with Crippen molar-refractivity contribution in [2.45, 2.75) is 6.18 Å². The van der Waals surface area contributed by atoms with Gasteiger partial charge in [-0.2, -0.15) is 18.4 Å². The van der Waals surface area contributed by atoms with E-state index in [0.29, 0.717) is 28.1 Å². The lowest BCUT2D eigenvalue weighted by Crippen LogP contribution is -2.07. The summed E-state index contributed by atoms with van der Waals surface area (Å²) in [5.74, 6) is 0. The van der Waals surface area contributed by atoms with Crippen LogP contribution in [0.2, 0.25) is 0 Å². The first-order chi connectivity index (χ1) is 45.2. The molecule has 0 aliphatic carbocycles. The molecule has 0 fully saturated rings. The van der Waals surface area contributed by atoms with Gasteiger partial charge in [-0.25, -0.2) is 19.9 Å². The molecule has 0 N–H and O–H groups in total. The van der Waals surface area contributed by atoms with E-state index < -0.39 is 11.7 Å². The van der Waals surface area contributed by atoms with Crippen molar-refractivity contribution in [2.24, 2.45) is 0 Å². The molecule has 10 heteroatoms. The van der Waals surface area contributed by atoms with Crippen LogP contribution in [0.3, 0.4) is 0 Å². The van der Waals surface area contributed by atoms with Crippen molar-refractivity contribution >= 4 is 43.6 Å². The molecule has 6 aromatic heterocycles. The Morgan fingerprint density at radius 2 is 0.543 bits per heavy atom. The standard InChI is InChI=1S/C82H50F3N7/c83-82(84,85)62-27-13-26-61(46-62)81-79(91-75-40-36-57(71-32-14-28-67(87-71)53-18-5-1-6-19-53)47-63(75)64-48-58(37-41-76(64)91)72-33-15-29-68(88-72)54-20-7-2-8-21-54)44-52(51-86)45-80(81)92-77-42-38-59(73-34-16-30-69(89-73)55-22-9-3-10-23-55)49-65(77)66-50-60(39-43-78(66)92)74-35-17-31-70(90-74)56-24-11-4-12-25-56/h1-50H. The normalized spacial score (nSPS) is 11.6. The zero-order valence-corrected chi connectivity index (χ0v) is 49.1. The minimum atomic E-state index is -4.68. The third kappa shape index (κ3) is 10.0. The number of nitrogens with zero attached hydrogens (tertiary/aromatic N) is 7. The highest BCUT2D eigenvalue weighted by Crippen LogP contribution is 2.46. The number of halogens is 3. The highest BCUT2D eigenvalue weighted by molar-refractivity contribution is 6.14. The van der Waals surface area contributed by atoms with Crippen LogP contribution < -0.4 is 0 Å². The van der Waals surface area contributed by atoms with Gasteiger partial charge in [0, 0.05) is 71.6 Å². The van der Waals surface area contributed by atoms with Crippen LogP contribution in [0.4, 0.5) is 13.2 Å². The number of aromatic nitrogens is 6. The van der Waals surface area contributed by atoms with Gasteiger partial charge in [-0.15, -0.1) is 0 Å². The molecule has 0 saturated heterocycles. The molecule has 7 nitrogen and oxygen atoms in total. The van der Waals surface area contributed by atoms with Crippen LogP contribution in [-0.2, 0) is 6.18 Å². The summed E-state index contributed by atoms with van der Waals surface area (Å²) >= 11 is 0. The van der Waals surface area contributed by atoms with E-state index in [0.717, 1.165) is 140 Å². The third-order valence-electron chi connectivity index (χ3n) is 17.2. The number of alkyl halides is 3. The molecule has 0 atom stereocenters. The van der Waals surface area contributed by atoms with E-state index in [2.05, 4.69) is 63.7 Å². The SMILES string of the molecule is N#Cc1cc(-n2c3ccc(-c4cccc(-c5ccccc5)n4)cc3c3cc(-c4cccc(-c5ccccc5)n4)ccc32)c(-c2cccc(C(F)(F)F)c2)c(-n2c3ccc(-c4cccc(-c5ccccc5)n4)cc3c3cc(-c4cccc(-c5ccccc5)n4)ccc32)c1. The molecular weight excluding hydrogens is 1140 g/mol. The minimum absolute atomic E-state index is 0.296. The summed E-state index contributed by atoms with van der Waals surface area (Å²) in [6, 6.07) is 101. The quantitative estimate of drug-likeness (QED) is 0.129. The molecule has 0 spiro atoms. The van der Waals surface area contributed by atoms with Crippen LogP contribution in [0.15, 0.2) is 303 Å². The van der Waals surface area contributed by atoms with E-state index in [-0.39, 0.29) is 0 Å². The Balaban J connectivity index is 0.971. The van der Waals surface area contributed by atoms with Gasteiger partial charge in [0.05, 0.1) is 96.2 Å². The predicted octanol–water partition coefficient (Wildman–Crippen LogP) is 21.4. The monoisotopic (exact) mass is 1190 g/mol. The van der Waals surface area contributed by atoms with Crippen molar-refractivity contribution in [3.63, 3.8) is 0 Å². The van der Waals surface area contributed by atoms with Crippen LogP contribution in [0.5, 0.6) is 0 Å². The molecule has 0 bridgehead atoms. The lowest BCUT2D eigenvalue weighted by Gasteiger charge is -2.21. The maximum absolute atomic E-state index is 15.3. The Labute approximate surface area is 527 Å². The lowest BCUT2D eigenvalue weighted by atomic mass is 9.96. The van der Waals surface area contributed by atoms with Crippen LogP contribution in [0.25, 0.3) is 156 Å². The average molecular weight is 1190 g/mol. The van der Waals surface area contributed by atoms with Gasteiger partial charge in [-0.05, 0) is 127 Å². The fraction of sp³-hybridized carbons (Fsp3) is 0.0122. The number of hydrogen-bond donors (Lipinski definition) is 0. The van der Waals surface area contributed by atoms with Crippen molar-refractivity contribution in [3.05, 3.63) is 314 Å². The van der Waals surface area contributed by atoms with Crippen molar-refractivity contribution in [3.8, 4) is 119 Å². The fourth-order valence-electron chi connectivity index (χ4n) is 12.8. The maximum Gasteiger partial charge on any atom is 0.416 e. The van der Waals surface area contributed by atoms with E-state index in [1.54, 1.807) is 18.2 Å². The number of nitriles is 1. The first kappa shape index (κ1) is 55.0. The second-order valence-electron chi connectivity index (χ2n) is 22.8. The van der Waals surface area contributed by atoms with Crippen LogP contribution in [0.1, 0.15) is 11.1 Å². The van der Waals surface area contributed by atoms with Crippen molar-refractivity contribution in [1.29, 1.82) is 5.26 Å². The molecule has 0 aliphatic heterocycles. The smallest absolute Gasteiger partial charge is 0.308 e. The molecule has 92 heavy (non-hydrogen) atoms. The maximum atomic E-state index is 15.3. The summed E-state index contributed by atoms with van der Waals surface area (Å²) in [5, 5.41) is 14.8. The highest BCUT2D eigenvalue weighted by atomic mass is 19.4. The number of pyridine rings is 4. The first-order valence-corrected chi connectivity index (χ1v) is 30.2. The molecule has 0 unspecified atom stereocenters. The van der Waals surface area contributed by atoms with Crippen LogP contribution >= 0.6 is 0 Å². The Kier molecular flexibility index (Phi) is 13.6. The van der Waals surface area contributed by atoms with Crippen molar-refractivity contribution in [1.82, 2.24) is 29.1 Å². The van der Waals surface area contributed by atoms with Gasteiger partial charge in [0.1, 0.15) is 0 Å². The van der Waals surface area contributed by atoms with Gasteiger partial charge in [0.25, 0.3) is 0 Å². The van der Waals surface area contributed by atoms with E-state index >= 15 is 13.2 Å². The molecule has 434 valence electrons. The van der Waals surface area contributed by atoms with Crippen LogP contribution in [0, 0.1) is 11.3 Å². The van der Waals surface area contributed by atoms with E-state index in [4.69, 9.17) is 19.9 Å². The third-order valence-corrected chi connectivity index (χ3v) is 17.2. The molecule has 10 aromatic carbocycles. The van der Waals surface area contributed by atoms with Crippen molar-refractivity contribution in [2.75, 3.05) is 0 Å². The van der Waals surface area contributed by atoms with Crippen LogP contribution in [-0.4, -0.2) is 29.1 Å². The van der Waals surface area contributed by atoms with Gasteiger partial charge in [0.2, 0.25) is 0 Å². The molecule has 6 heterocycles. The minimum Gasteiger partial charge on any atom is -0.308 e. The molecule has 16 rings (SSSR count). The summed E-state index contributed by atoms with van der Waals surface area (Å²) in [5.41, 5.74) is 18.0. The average Bonchev–Trinajstić information content (AvgIpc) is 1.47. The van der Waals surface area contributed by atoms with Gasteiger partial charge >= 0.3 is 6.18 Å². The molecular formula is C82H50F3N7. The second kappa shape index (κ2) is 22.7. The van der Waals surface area contributed by atoms with Gasteiger partial charge in [-0.1, -0.05) is 182 Å². The summed E-state index contributed by atoms with van der Waals surface area (Å²) < 4.78 is 50.1. The highest BCUT2D eigenvalue weighted by Gasteiger charge is 2.32. The van der Waals surface area contributed by atoms with E-state index in [1.165, 1.54) is 12.1 Å². The number of fused-ring (bicyclic) bond motifs is 6. The van der Waals surface area contributed by atoms with Gasteiger partial charge in [0.15, 0.2) is 0 Å². The van der Waals surface area contributed by atoms with E-state index in [9.17, 15) is 5.26 Å². The summed E-state index contributed by atoms with van der Waals surface area (Å²) in [4.78, 5) is 20.7. The van der Waals surface area contributed by atoms with Crippen molar-refractivity contribution < 1.29 is 13.2 Å². The Morgan fingerprint density at radius 3 is 0.826 bits per heavy atom. The number of rotatable bonds is 11. The topological polar surface area (TPSA) is 85.2 Å². The Bertz CT molecular complexity index is 4990. The van der Waals surface area contributed by atoms with E-state index in [1.807, 2.05) is 218 Å². The molecule has 0 radical (unpaired) electrons. The fourth-order valence-corrected chi connectivity index (χ4v) is 12.8. The Hall–Kier alpha value is -12.3. The largest absolute Gasteiger partial charge is 0.416 e. The van der Waals surface area contributed by atoms with Gasteiger partial charge in [-0.3, -0.25) is 0 Å². The molecule has 0 amide bonds. The summed E-state index contributed by atoms with van der Waals surface area (Å²) in [6.45, 7) is 0. The number of benzene rings is 10. The molecule has 0 saturated carbocycles. The molecule has 0 aliphatic rings. The first-order valence-electron chi connectivity index (χ1n) is 30.2. The number of hydrogen-bond acceptors (Lipinski definition) is 5. The molecule has 16 aromatic rings. The Morgan fingerprint density at radius 1 is 0.272 bits per heavy atom. The predicted molar refractivity (Wildman–Crippen MR) is 365 cm³/mol. The summed E-state index contributed by atoms with van der Waals surface area (Å²) in [6.07, 6.45) is -4.68. The summed E-state index contributed by atoms with van der Waals surface area (Å²) in [7, 11) is 0. The van der Waals surface area contributed by atoms with Gasteiger partial charge < -0.3 is 9.13 Å². The lowest BCUT2D eigenvalue weighted by molar-refractivity contribution is -0.137. The zero-order chi connectivity index (χ0) is 61.9. The second-order valence-corrected chi connectivity index (χ2v) is 22.8. The zero-order valence-electron chi connectivity index (χ0n) is 49.1.